The Morgan fingerprint density at radius 3 is 2.71 bits per heavy atom. The summed E-state index contributed by atoms with van der Waals surface area (Å²) in [5, 5.41) is 1.83. The number of rotatable bonds is 3. The van der Waals surface area contributed by atoms with E-state index in [0.29, 0.717) is 0 Å². The summed E-state index contributed by atoms with van der Waals surface area (Å²) in [5.41, 5.74) is 10.2. The van der Waals surface area contributed by atoms with E-state index in [1.54, 1.807) is 11.8 Å². The van der Waals surface area contributed by atoms with Gasteiger partial charge in [0.1, 0.15) is 0 Å². The van der Waals surface area contributed by atoms with Crippen molar-refractivity contribution in [3.63, 3.8) is 0 Å². The van der Waals surface area contributed by atoms with Crippen molar-refractivity contribution in [3.05, 3.63) is 11.6 Å². The van der Waals surface area contributed by atoms with Crippen LogP contribution >= 0.6 is 11.8 Å². The zero-order chi connectivity index (χ0) is 5.54. The van der Waals surface area contributed by atoms with Crippen molar-refractivity contribution < 1.29 is 0 Å². The number of hydrogen-bond donors (Lipinski definition) is 2. The summed E-state index contributed by atoms with van der Waals surface area (Å²) < 4.78 is 0. The molecule has 0 spiro atoms. The SMILES string of the molecule is NC=CSCCN. The van der Waals surface area contributed by atoms with Crippen LogP contribution in [0.4, 0.5) is 0 Å². The number of nitrogens with two attached hydrogens (primary N) is 2. The monoisotopic (exact) mass is 118 g/mol. The second-order valence-corrected chi connectivity index (χ2v) is 2.00. The molecule has 0 bridgehead atoms. The van der Waals surface area contributed by atoms with Gasteiger partial charge in [0.2, 0.25) is 0 Å². The van der Waals surface area contributed by atoms with Gasteiger partial charge in [0.25, 0.3) is 0 Å². The molecule has 0 aliphatic heterocycles. The molecule has 0 aliphatic rings. The van der Waals surface area contributed by atoms with Crippen LogP contribution in [-0.2, 0) is 0 Å². The standard InChI is InChI=1S/C4H10N2S/c5-1-3-7-4-2-6/h1,3H,2,4-6H2. The van der Waals surface area contributed by atoms with E-state index >= 15 is 0 Å². The van der Waals surface area contributed by atoms with E-state index in [-0.39, 0.29) is 0 Å². The first-order valence-electron chi connectivity index (χ1n) is 2.10. The van der Waals surface area contributed by atoms with Crippen molar-refractivity contribution in [2.45, 2.75) is 0 Å². The third-order valence-corrected chi connectivity index (χ3v) is 1.23. The fraction of sp³-hybridized carbons (Fsp3) is 0.500. The molecule has 0 aromatic rings. The molecule has 0 atom stereocenters. The lowest BCUT2D eigenvalue weighted by Crippen LogP contribution is -1.99. The van der Waals surface area contributed by atoms with E-state index < -0.39 is 0 Å². The molecule has 0 fully saturated rings. The molecule has 3 heteroatoms. The summed E-state index contributed by atoms with van der Waals surface area (Å²) in [6, 6.07) is 0. The van der Waals surface area contributed by atoms with Crippen molar-refractivity contribution >= 4 is 11.8 Å². The maximum absolute atomic E-state index is 5.17. The molecule has 0 heterocycles. The maximum atomic E-state index is 5.17. The van der Waals surface area contributed by atoms with Crippen molar-refractivity contribution in [1.29, 1.82) is 0 Å². The fourth-order valence-electron chi connectivity index (χ4n) is 0.192. The topological polar surface area (TPSA) is 52.0 Å². The fourth-order valence-corrected chi connectivity index (χ4v) is 0.575. The summed E-state index contributed by atoms with van der Waals surface area (Å²) in [6.07, 6.45) is 1.51. The lowest BCUT2D eigenvalue weighted by Gasteiger charge is -1.84. The Hall–Kier alpha value is -0.150. The molecule has 0 amide bonds. The van der Waals surface area contributed by atoms with Gasteiger partial charge in [-0.25, -0.2) is 0 Å². The first-order valence-corrected chi connectivity index (χ1v) is 3.15. The van der Waals surface area contributed by atoms with Gasteiger partial charge in [0.15, 0.2) is 0 Å². The van der Waals surface area contributed by atoms with Crippen molar-refractivity contribution in [3.8, 4) is 0 Å². The number of thioether (sulfide) groups is 1. The van der Waals surface area contributed by atoms with Crippen LogP contribution in [-0.4, -0.2) is 12.3 Å². The van der Waals surface area contributed by atoms with Crippen LogP contribution in [0.25, 0.3) is 0 Å². The molecule has 0 saturated carbocycles. The quantitative estimate of drug-likeness (QED) is 0.517. The average Bonchev–Trinajstić information content (AvgIpc) is 1.69. The summed E-state index contributed by atoms with van der Waals surface area (Å²) >= 11 is 1.62. The first kappa shape index (κ1) is 6.85. The van der Waals surface area contributed by atoms with E-state index in [2.05, 4.69) is 0 Å². The zero-order valence-corrected chi connectivity index (χ0v) is 4.95. The summed E-state index contributed by atoms with van der Waals surface area (Å²) in [4.78, 5) is 0. The lowest BCUT2D eigenvalue weighted by atomic mass is 10.8. The predicted octanol–water partition coefficient (Wildman–Crippen LogP) is 0.108. The minimum atomic E-state index is 0.717. The Morgan fingerprint density at radius 1 is 1.57 bits per heavy atom. The Morgan fingerprint density at radius 2 is 2.29 bits per heavy atom. The van der Waals surface area contributed by atoms with Crippen LogP contribution in [0.2, 0.25) is 0 Å². The third-order valence-electron chi connectivity index (χ3n) is 0.410. The van der Waals surface area contributed by atoms with Gasteiger partial charge < -0.3 is 11.5 Å². The van der Waals surface area contributed by atoms with Crippen molar-refractivity contribution in [1.82, 2.24) is 0 Å². The van der Waals surface area contributed by atoms with Gasteiger partial charge in [0, 0.05) is 18.5 Å². The normalized spacial score (nSPS) is 10.4. The molecular weight excluding hydrogens is 108 g/mol. The van der Waals surface area contributed by atoms with Crippen LogP contribution in [0, 0.1) is 0 Å². The highest BCUT2D eigenvalue weighted by Gasteiger charge is 1.73. The average molecular weight is 118 g/mol. The minimum absolute atomic E-state index is 0.717. The number of hydrogen-bond acceptors (Lipinski definition) is 3. The summed E-state index contributed by atoms with van der Waals surface area (Å²) in [5.74, 6) is 0.952. The third kappa shape index (κ3) is 5.85. The van der Waals surface area contributed by atoms with Crippen molar-refractivity contribution in [2.24, 2.45) is 11.5 Å². The van der Waals surface area contributed by atoms with Crippen LogP contribution in [0.3, 0.4) is 0 Å². The summed E-state index contributed by atoms with van der Waals surface area (Å²) in [6.45, 7) is 0.717. The first-order chi connectivity index (χ1) is 3.41. The van der Waals surface area contributed by atoms with Gasteiger partial charge in [-0.05, 0) is 5.41 Å². The smallest absolute Gasteiger partial charge is 0.00979 e. The molecule has 0 aromatic heterocycles. The Balaban J connectivity index is 2.69. The second-order valence-electron chi connectivity index (χ2n) is 0.988. The van der Waals surface area contributed by atoms with Crippen LogP contribution in [0.1, 0.15) is 0 Å². The van der Waals surface area contributed by atoms with E-state index in [1.807, 2.05) is 5.41 Å². The highest BCUT2D eigenvalue weighted by Crippen LogP contribution is 1.96. The maximum Gasteiger partial charge on any atom is 0.00979 e. The molecular formula is C4H10N2S. The molecule has 0 unspecified atom stereocenters. The highest BCUT2D eigenvalue weighted by molar-refractivity contribution is 8.02. The van der Waals surface area contributed by atoms with E-state index in [4.69, 9.17) is 11.5 Å². The van der Waals surface area contributed by atoms with E-state index in [0.717, 1.165) is 12.3 Å². The Kier molecular flexibility index (Phi) is 5.72. The summed E-state index contributed by atoms with van der Waals surface area (Å²) in [7, 11) is 0. The molecule has 0 aromatic carbocycles. The highest BCUT2D eigenvalue weighted by atomic mass is 32.2. The molecule has 0 rings (SSSR count). The van der Waals surface area contributed by atoms with Gasteiger partial charge in [-0.2, -0.15) is 0 Å². The molecule has 0 saturated heterocycles. The molecule has 2 nitrogen and oxygen atoms in total. The van der Waals surface area contributed by atoms with E-state index in [1.165, 1.54) is 6.20 Å². The Labute approximate surface area is 47.9 Å². The second kappa shape index (κ2) is 5.85. The van der Waals surface area contributed by atoms with Gasteiger partial charge in [-0.15, -0.1) is 11.8 Å². The molecule has 0 aliphatic carbocycles. The molecule has 42 valence electrons. The van der Waals surface area contributed by atoms with Gasteiger partial charge in [-0.1, -0.05) is 0 Å². The van der Waals surface area contributed by atoms with Crippen LogP contribution in [0.5, 0.6) is 0 Å². The zero-order valence-electron chi connectivity index (χ0n) is 4.13. The molecule has 4 N–H and O–H groups in total. The largest absolute Gasteiger partial charge is 0.404 e. The lowest BCUT2D eigenvalue weighted by molar-refractivity contribution is 1.15. The van der Waals surface area contributed by atoms with Gasteiger partial charge >= 0.3 is 0 Å². The van der Waals surface area contributed by atoms with Crippen LogP contribution in [0.15, 0.2) is 11.6 Å². The predicted molar refractivity (Wildman–Crippen MR) is 34.8 cm³/mol. The van der Waals surface area contributed by atoms with Crippen molar-refractivity contribution in [2.75, 3.05) is 12.3 Å². The van der Waals surface area contributed by atoms with Crippen LogP contribution < -0.4 is 11.5 Å². The molecule has 0 radical (unpaired) electrons. The Bertz CT molecular complexity index is 53.7. The molecule has 7 heavy (non-hydrogen) atoms. The minimum Gasteiger partial charge on any atom is -0.404 e. The van der Waals surface area contributed by atoms with Gasteiger partial charge in [0.05, 0.1) is 0 Å². The van der Waals surface area contributed by atoms with Gasteiger partial charge in [-0.3, -0.25) is 0 Å². The van der Waals surface area contributed by atoms with E-state index in [9.17, 15) is 0 Å².